The fraction of sp³-hybridized carbons (Fsp3) is 0.158. The van der Waals surface area contributed by atoms with E-state index in [4.69, 9.17) is 11.6 Å². The van der Waals surface area contributed by atoms with Crippen LogP contribution in [0.1, 0.15) is 24.2 Å². The number of aromatic nitrogens is 1. The molecule has 0 radical (unpaired) electrons. The van der Waals surface area contributed by atoms with Gasteiger partial charge in [0.15, 0.2) is 0 Å². The molecule has 1 aromatic heterocycles. The number of hydrogen-bond acceptors (Lipinski definition) is 3. The molecule has 0 aliphatic carbocycles. The average Bonchev–Trinajstić information content (AvgIpc) is 3.03. The fourth-order valence-corrected chi connectivity index (χ4v) is 3.47. The molecule has 1 heterocycles. The van der Waals surface area contributed by atoms with Gasteiger partial charge in [-0.25, -0.2) is 9.37 Å². The van der Waals surface area contributed by atoms with E-state index in [2.05, 4.69) is 10.3 Å². The van der Waals surface area contributed by atoms with Crippen molar-refractivity contribution in [2.24, 2.45) is 0 Å². The molecule has 1 unspecified atom stereocenters. The average molecular weight is 375 g/mol. The summed E-state index contributed by atoms with van der Waals surface area (Å²) in [6, 6.07) is 13.5. The molecule has 2 aromatic carbocycles. The standard InChI is InChI=1S/C19H16ClFN2OS/c1-12(13-4-2-6-15(20)8-13)22-18(24)10-17-11-25-19(23-17)14-5-3-7-16(21)9-14/h2-9,11-12H,10H2,1H3,(H,22,24). The molecule has 0 aliphatic heterocycles. The number of nitrogens with zero attached hydrogens (tertiary/aromatic N) is 1. The van der Waals surface area contributed by atoms with E-state index < -0.39 is 0 Å². The summed E-state index contributed by atoms with van der Waals surface area (Å²) < 4.78 is 13.3. The van der Waals surface area contributed by atoms with E-state index in [9.17, 15) is 9.18 Å². The van der Waals surface area contributed by atoms with Gasteiger partial charge in [-0.05, 0) is 36.8 Å². The number of benzene rings is 2. The van der Waals surface area contributed by atoms with Crippen LogP contribution in [-0.2, 0) is 11.2 Å². The van der Waals surface area contributed by atoms with Crippen molar-refractivity contribution in [3.63, 3.8) is 0 Å². The Morgan fingerprint density at radius 2 is 2.08 bits per heavy atom. The molecule has 1 amide bonds. The van der Waals surface area contributed by atoms with Crippen molar-refractivity contribution in [3.05, 3.63) is 76.0 Å². The first kappa shape index (κ1) is 17.6. The maximum Gasteiger partial charge on any atom is 0.226 e. The smallest absolute Gasteiger partial charge is 0.226 e. The summed E-state index contributed by atoms with van der Waals surface area (Å²) in [5.74, 6) is -0.425. The SMILES string of the molecule is CC(NC(=O)Cc1csc(-c2cccc(F)c2)n1)c1cccc(Cl)c1. The molecule has 0 saturated carbocycles. The Hall–Kier alpha value is -2.24. The van der Waals surface area contributed by atoms with Crippen LogP contribution in [0.2, 0.25) is 5.02 Å². The van der Waals surface area contributed by atoms with Crippen LogP contribution in [0.15, 0.2) is 53.9 Å². The molecule has 3 rings (SSSR count). The van der Waals surface area contributed by atoms with Crippen molar-refractivity contribution in [3.8, 4) is 10.6 Å². The van der Waals surface area contributed by atoms with Gasteiger partial charge in [0.2, 0.25) is 5.91 Å². The quantitative estimate of drug-likeness (QED) is 0.681. The van der Waals surface area contributed by atoms with Gasteiger partial charge in [0, 0.05) is 16.0 Å². The number of thiazole rings is 1. The summed E-state index contributed by atoms with van der Waals surface area (Å²) in [5.41, 5.74) is 2.32. The first-order chi connectivity index (χ1) is 12.0. The summed E-state index contributed by atoms with van der Waals surface area (Å²) in [6.07, 6.45) is 0.177. The van der Waals surface area contributed by atoms with E-state index in [0.717, 1.165) is 5.56 Å². The minimum atomic E-state index is -0.303. The summed E-state index contributed by atoms with van der Waals surface area (Å²) in [7, 11) is 0. The summed E-state index contributed by atoms with van der Waals surface area (Å²) in [4.78, 5) is 16.7. The van der Waals surface area contributed by atoms with Gasteiger partial charge in [0.1, 0.15) is 10.8 Å². The molecule has 6 heteroatoms. The third-order valence-electron chi connectivity index (χ3n) is 3.69. The van der Waals surface area contributed by atoms with E-state index in [1.54, 1.807) is 18.2 Å². The fourth-order valence-electron chi connectivity index (χ4n) is 2.46. The number of nitrogens with one attached hydrogen (secondary N) is 1. The normalized spacial score (nSPS) is 12.0. The second kappa shape index (κ2) is 7.76. The lowest BCUT2D eigenvalue weighted by Gasteiger charge is -2.14. The third kappa shape index (κ3) is 4.65. The van der Waals surface area contributed by atoms with Crippen molar-refractivity contribution in [1.82, 2.24) is 10.3 Å². The van der Waals surface area contributed by atoms with Gasteiger partial charge in [0.25, 0.3) is 0 Å². The van der Waals surface area contributed by atoms with E-state index >= 15 is 0 Å². The van der Waals surface area contributed by atoms with Crippen LogP contribution in [0, 0.1) is 5.82 Å². The minimum absolute atomic E-state index is 0.122. The molecule has 0 fully saturated rings. The number of halogens is 2. The molecular formula is C19H16ClFN2OS. The number of amides is 1. The maximum atomic E-state index is 13.3. The zero-order chi connectivity index (χ0) is 17.8. The van der Waals surface area contributed by atoms with E-state index in [1.807, 2.05) is 30.5 Å². The molecule has 1 atom stereocenters. The van der Waals surface area contributed by atoms with E-state index in [0.29, 0.717) is 21.3 Å². The van der Waals surface area contributed by atoms with Crippen molar-refractivity contribution in [2.45, 2.75) is 19.4 Å². The number of rotatable bonds is 5. The zero-order valence-electron chi connectivity index (χ0n) is 13.5. The Morgan fingerprint density at radius 3 is 2.84 bits per heavy atom. The molecule has 0 spiro atoms. The van der Waals surface area contributed by atoms with Crippen molar-refractivity contribution < 1.29 is 9.18 Å². The number of carbonyl (C=O) groups is 1. The van der Waals surface area contributed by atoms with E-state index in [-0.39, 0.29) is 24.2 Å². The first-order valence-electron chi connectivity index (χ1n) is 7.76. The number of carbonyl (C=O) groups excluding carboxylic acids is 1. The Bertz CT molecular complexity index is 896. The van der Waals surface area contributed by atoms with Crippen LogP contribution in [-0.4, -0.2) is 10.9 Å². The third-order valence-corrected chi connectivity index (χ3v) is 4.87. The molecule has 25 heavy (non-hydrogen) atoms. The van der Waals surface area contributed by atoms with Crippen LogP contribution in [0.5, 0.6) is 0 Å². The van der Waals surface area contributed by atoms with Crippen LogP contribution in [0.25, 0.3) is 10.6 Å². The molecule has 3 aromatic rings. The van der Waals surface area contributed by atoms with Gasteiger partial charge in [-0.2, -0.15) is 0 Å². The van der Waals surface area contributed by atoms with Crippen LogP contribution in [0.3, 0.4) is 0 Å². The highest BCUT2D eigenvalue weighted by atomic mass is 35.5. The second-order valence-corrected chi connectivity index (χ2v) is 6.97. The van der Waals surface area contributed by atoms with E-state index in [1.165, 1.54) is 23.5 Å². The Balaban J connectivity index is 1.64. The van der Waals surface area contributed by atoms with Gasteiger partial charge in [-0.15, -0.1) is 11.3 Å². The Labute approximate surface area is 154 Å². The van der Waals surface area contributed by atoms with Crippen LogP contribution >= 0.6 is 22.9 Å². The monoisotopic (exact) mass is 374 g/mol. The zero-order valence-corrected chi connectivity index (χ0v) is 15.1. The van der Waals surface area contributed by atoms with Crippen molar-refractivity contribution in [2.75, 3.05) is 0 Å². The van der Waals surface area contributed by atoms with Crippen LogP contribution in [0.4, 0.5) is 4.39 Å². The highest BCUT2D eigenvalue weighted by Crippen LogP contribution is 2.24. The largest absolute Gasteiger partial charge is 0.349 e. The first-order valence-corrected chi connectivity index (χ1v) is 9.02. The Kier molecular flexibility index (Phi) is 5.46. The van der Waals surface area contributed by atoms with Crippen molar-refractivity contribution >= 4 is 28.8 Å². The molecule has 1 N–H and O–H groups in total. The summed E-state index contributed by atoms with van der Waals surface area (Å²) in [6.45, 7) is 1.91. The highest BCUT2D eigenvalue weighted by molar-refractivity contribution is 7.13. The topological polar surface area (TPSA) is 42.0 Å². The molecular weight excluding hydrogens is 359 g/mol. The van der Waals surface area contributed by atoms with Crippen molar-refractivity contribution in [1.29, 1.82) is 0 Å². The van der Waals surface area contributed by atoms with Gasteiger partial charge >= 0.3 is 0 Å². The Morgan fingerprint density at radius 1 is 1.28 bits per heavy atom. The molecule has 3 nitrogen and oxygen atoms in total. The van der Waals surface area contributed by atoms with Gasteiger partial charge in [-0.3, -0.25) is 4.79 Å². The lowest BCUT2D eigenvalue weighted by Crippen LogP contribution is -2.28. The van der Waals surface area contributed by atoms with Gasteiger partial charge < -0.3 is 5.32 Å². The molecule has 0 saturated heterocycles. The highest BCUT2D eigenvalue weighted by Gasteiger charge is 2.13. The summed E-state index contributed by atoms with van der Waals surface area (Å²) >= 11 is 7.37. The van der Waals surface area contributed by atoms with Gasteiger partial charge in [0.05, 0.1) is 18.2 Å². The van der Waals surface area contributed by atoms with Crippen LogP contribution < -0.4 is 5.32 Å². The molecule has 0 bridgehead atoms. The predicted molar refractivity (Wildman–Crippen MR) is 99.2 cm³/mol. The lowest BCUT2D eigenvalue weighted by atomic mass is 10.1. The molecule has 128 valence electrons. The maximum absolute atomic E-state index is 13.3. The molecule has 0 aliphatic rings. The minimum Gasteiger partial charge on any atom is -0.349 e. The number of hydrogen-bond donors (Lipinski definition) is 1. The predicted octanol–water partition coefficient (Wildman–Crippen LogP) is 5.02. The lowest BCUT2D eigenvalue weighted by molar-refractivity contribution is -0.121. The second-order valence-electron chi connectivity index (χ2n) is 5.68. The summed E-state index contributed by atoms with van der Waals surface area (Å²) in [5, 5.41) is 6.10. The van der Waals surface area contributed by atoms with Gasteiger partial charge in [-0.1, -0.05) is 35.9 Å².